The van der Waals surface area contributed by atoms with E-state index in [2.05, 4.69) is 10.2 Å². The molecule has 180 valence electrons. The lowest BCUT2D eigenvalue weighted by molar-refractivity contribution is 0.122. The topological polar surface area (TPSA) is 43.0 Å². The highest BCUT2D eigenvalue weighted by atomic mass is 35.5. The average Bonchev–Trinajstić information content (AvgIpc) is 2.84. The van der Waals surface area contributed by atoms with Gasteiger partial charge in [0.1, 0.15) is 12.4 Å². The van der Waals surface area contributed by atoms with Crippen LogP contribution in [0.4, 0.5) is 15.8 Å². The molecule has 0 radical (unpaired) electrons. The van der Waals surface area contributed by atoms with Crippen molar-refractivity contribution < 1.29 is 18.6 Å². The van der Waals surface area contributed by atoms with Crippen LogP contribution in [0.15, 0.2) is 54.6 Å². The van der Waals surface area contributed by atoms with Gasteiger partial charge in [-0.25, -0.2) is 4.39 Å². The van der Waals surface area contributed by atoms with Crippen LogP contribution in [0.1, 0.15) is 18.1 Å². The molecule has 1 aliphatic heterocycles. The first-order valence-corrected chi connectivity index (χ1v) is 12.0. The molecular formula is C26H27Cl2FN2O3. The van der Waals surface area contributed by atoms with E-state index >= 15 is 0 Å². The highest BCUT2D eigenvalue weighted by Crippen LogP contribution is 2.35. The number of halogens is 3. The maximum atomic E-state index is 13.9. The molecule has 1 heterocycles. The third kappa shape index (κ3) is 6.06. The van der Waals surface area contributed by atoms with E-state index in [0.29, 0.717) is 53.5 Å². The second-order valence-electron chi connectivity index (χ2n) is 7.82. The molecule has 0 unspecified atom stereocenters. The molecule has 1 fully saturated rings. The Balaban J connectivity index is 1.45. The van der Waals surface area contributed by atoms with Crippen LogP contribution in [-0.2, 0) is 17.9 Å². The third-order valence-corrected chi connectivity index (χ3v) is 6.19. The van der Waals surface area contributed by atoms with E-state index in [9.17, 15) is 4.39 Å². The summed E-state index contributed by atoms with van der Waals surface area (Å²) < 4.78 is 31.0. The van der Waals surface area contributed by atoms with Gasteiger partial charge in [-0.15, -0.1) is 0 Å². The number of ether oxygens (including phenoxy) is 3. The molecule has 0 atom stereocenters. The number of nitrogens with zero attached hydrogens (tertiary/aromatic N) is 1. The summed E-state index contributed by atoms with van der Waals surface area (Å²) in [5.74, 6) is 0.711. The smallest absolute Gasteiger partial charge is 0.163 e. The van der Waals surface area contributed by atoms with Crippen molar-refractivity contribution in [3.8, 4) is 11.5 Å². The van der Waals surface area contributed by atoms with Crippen LogP contribution in [0.5, 0.6) is 11.5 Å². The molecule has 0 saturated carbocycles. The van der Waals surface area contributed by atoms with Crippen molar-refractivity contribution in [1.82, 2.24) is 0 Å². The van der Waals surface area contributed by atoms with Gasteiger partial charge in [0.05, 0.1) is 30.5 Å². The molecule has 0 aromatic heterocycles. The first kappa shape index (κ1) is 24.5. The summed E-state index contributed by atoms with van der Waals surface area (Å²) in [7, 11) is 0. The van der Waals surface area contributed by atoms with E-state index in [1.54, 1.807) is 24.3 Å². The summed E-state index contributed by atoms with van der Waals surface area (Å²) in [5, 5.41) is 4.58. The lowest BCUT2D eigenvalue weighted by atomic mass is 10.1. The Morgan fingerprint density at radius 3 is 2.44 bits per heavy atom. The van der Waals surface area contributed by atoms with Gasteiger partial charge in [0, 0.05) is 42.0 Å². The average molecular weight is 505 g/mol. The molecular weight excluding hydrogens is 478 g/mol. The van der Waals surface area contributed by atoms with Crippen LogP contribution in [-0.4, -0.2) is 32.9 Å². The Hall–Kier alpha value is -2.67. The van der Waals surface area contributed by atoms with E-state index in [-0.39, 0.29) is 12.4 Å². The molecule has 3 aromatic carbocycles. The Kier molecular flexibility index (Phi) is 8.38. The molecule has 1 N–H and O–H groups in total. The Morgan fingerprint density at radius 2 is 1.71 bits per heavy atom. The van der Waals surface area contributed by atoms with Gasteiger partial charge in [0.2, 0.25) is 0 Å². The number of nitrogens with one attached hydrogen (secondary N) is 1. The monoisotopic (exact) mass is 504 g/mol. The van der Waals surface area contributed by atoms with Crippen LogP contribution in [0.25, 0.3) is 0 Å². The Labute approximate surface area is 209 Å². The van der Waals surface area contributed by atoms with Crippen molar-refractivity contribution >= 4 is 34.6 Å². The largest absolute Gasteiger partial charge is 0.490 e. The zero-order valence-corrected chi connectivity index (χ0v) is 20.5. The molecule has 1 saturated heterocycles. The fourth-order valence-electron chi connectivity index (χ4n) is 3.74. The van der Waals surface area contributed by atoms with Gasteiger partial charge in [0.25, 0.3) is 0 Å². The number of morpholine rings is 1. The minimum atomic E-state index is -0.314. The Morgan fingerprint density at radius 1 is 0.941 bits per heavy atom. The molecule has 5 nitrogen and oxygen atoms in total. The normalized spacial score (nSPS) is 13.6. The summed E-state index contributed by atoms with van der Waals surface area (Å²) >= 11 is 13.1. The standard InChI is InChI=1S/C26H27Cl2FN2O3/c1-2-33-25-13-19(21(27)15-26(25)34-17-18-5-3-4-6-23(18)29)16-30-20-7-8-24(22(28)14-20)31-9-11-32-12-10-31/h3-8,13-15,30H,2,9-12,16-17H2,1H3. The van der Waals surface area contributed by atoms with Crippen molar-refractivity contribution in [2.45, 2.75) is 20.1 Å². The highest BCUT2D eigenvalue weighted by molar-refractivity contribution is 6.33. The van der Waals surface area contributed by atoms with E-state index in [4.69, 9.17) is 37.4 Å². The van der Waals surface area contributed by atoms with Gasteiger partial charge in [-0.2, -0.15) is 0 Å². The predicted molar refractivity (Wildman–Crippen MR) is 135 cm³/mol. The maximum absolute atomic E-state index is 13.9. The van der Waals surface area contributed by atoms with Crippen molar-refractivity contribution in [2.24, 2.45) is 0 Å². The number of rotatable bonds is 9. The van der Waals surface area contributed by atoms with Gasteiger partial charge in [-0.05, 0) is 42.8 Å². The van der Waals surface area contributed by atoms with Crippen molar-refractivity contribution in [3.05, 3.63) is 81.6 Å². The molecule has 1 aliphatic rings. The zero-order valence-electron chi connectivity index (χ0n) is 19.0. The summed E-state index contributed by atoms with van der Waals surface area (Å²) in [6, 6.07) is 16.0. The van der Waals surface area contributed by atoms with Crippen LogP contribution >= 0.6 is 23.2 Å². The van der Waals surface area contributed by atoms with Crippen LogP contribution in [0.3, 0.4) is 0 Å². The fourth-order valence-corrected chi connectivity index (χ4v) is 4.26. The van der Waals surface area contributed by atoms with Crippen molar-refractivity contribution in [3.63, 3.8) is 0 Å². The van der Waals surface area contributed by atoms with E-state index in [0.717, 1.165) is 30.0 Å². The third-order valence-electron chi connectivity index (χ3n) is 5.54. The number of benzene rings is 3. The molecule has 34 heavy (non-hydrogen) atoms. The Bertz CT molecular complexity index is 1120. The SMILES string of the molecule is CCOc1cc(CNc2ccc(N3CCOCC3)c(Cl)c2)c(Cl)cc1OCc1ccccc1F. The first-order chi connectivity index (χ1) is 16.5. The molecule has 0 aliphatic carbocycles. The number of hydrogen-bond acceptors (Lipinski definition) is 5. The second-order valence-corrected chi connectivity index (χ2v) is 8.64. The lowest BCUT2D eigenvalue weighted by Crippen LogP contribution is -2.36. The minimum Gasteiger partial charge on any atom is -0.490 e. The van der Waals surface area contributed by atoms with E-state index in [1.807, 2.05) is 31.2 Å². The summed E-state index contributed by atoms with van der Waals surface area (Å²) in [6.07, 6.45) is 0. The molecule has 0 bridgehead atoms. The summed E-state index contributed by atoms with van der Waals surface area (Å²) in [5.41, 5.74) is 3.19. The molecule has 3 aromatic rings. The minimum absolute atomic E-state index is 0.0780. The summed E-state index contributed by atoms with van der Waals surface area (Å²) in [6.45, 7) is 5.97. The lowest BCUT2D eigenvalue weighted by Gasteiger charge is -2.29. The maximum Gasteiger partial charge on any atom is 0.163 e. The van der Waals surface area contributed by atoms with Crippen molar-refractivity contribution in [2.75, 3.05) is 43.1 Å². The van der Waals surface area contributed by atoms with Gasteiger partial charge in [0.15, 0.2) is 11.5 Å². The molecule has 0 amide bonds. The van der Waals surface area contributed by atoms with Crippen LogP contribution < -0.4 is 19.7 Å². The predicted octanol–water partition coefficient (Wildman–Crippen LogP) is 6.56. The molecule has 4 rings (SSSR count). The zero-order chi connectivity index (χ0) is 23.9. The second kappa shape index (κ2) is 11.6. The van der Waals surface area contributed by atoms with Gasteiger partial charge >= 0.3 is 0 Å². The number of anilines is 2. The van der Waals surface area contributed by atoms with Crippen LogP contribution in [0.2, 0.25) is 10.0 Å². The summed E-state index contributed by atoms with van der Waals surface area (Å²) in [4.78, 5) is 2.22. The van der Waals surface area contributed by atoms with E-state index < -0.39 is 0 Å². The van der Waals surface area contributed by atoms with E-state index in [1.165, 1.54) is 6.07 Å². The molecule has 0 spiro atoms. The molecule has 8 heteroatoms. The number of hydrogen-bond donors (Lipinski definition) is 1. The first-order valence-electron chi connectivity index (χ1n) is 11.2. The quantitative estimate of drug-likeness (QED) is 0.357. The fraction of sp³-hybridized carbons (Fsp3) is 0.308. The van der Waals surface area contributed by atoms with Crippen molar-refractivity contribution in [1.29, 1.82) is 0 Å². The van der Waals surface area contributed by atoms with Gasteiger partial charge in [-0.1, -0.05) is 41.4 Å². The van der Waals surface area contributed by atoms with Gasteiger partial charge < -0.3 is 24.4 Å². The highest BCUT2D eigenvalue weighted by Gasteiger charge is 2.15. The van der Waals surface area contributed by atoms with Crippen LogP contribution in [0, 0.1) is 5.82 Å². The van der Waals surface area contributed by atoms with Gasteiger partial charge in [-0.3, -0.25) is 0 Å².